The molecule has 0 saturated carbocycles. The van der Waals surface area contributed by atoms with E-state index in [2.05, 4.69) is 4.98 Å². The van der Waals surface area contributed by atoms with Gasteiger partial charge in [-0.2, -0.15) is 0 Å². The molecule has 0 aliphatic rings. The Kier molecular flexibility index (Phi) is 3.90. The molecule has 1 aromatic rings. The van der Waals surface area contributed by atoms with Crippen molar-refractivity contribution in [2.75, 3.05) is 18.5 Å². The summed E-state index contributed by atoms with van der Waals surface area (Å²) in [4.78, 5) is 5.46. The molecule has 0 spiro atoms. The predicted molar refractivity (Wildman–Crippen MR) is 59.4 cm³/mol. The van der Waals surface area contributed by atoms with Crippen LogP contribution in [0.3, 0.4) is 0 Å². The molecule has 6 heteroatoms. The fourth-order valence-electron chi connectivity index (χ4n) is 1.19. The van der Waals surface area contributed by atoms with Crippen LogP contribution in [0.25, 0.3) is 0 Å². The number of alkyl halides is 2. The predicted octanol–water partition coefficient (Wildman–Crippen LogP) is 1.42. The van der Waals surface area contributed by atoms with E-state index in [1.165, 1.54) is 18.1 Å². The SMILES string of the molecule is CN(CC(F)F)c1ncccc1C(N)=S. The van der Waals surface area contributed by atoms with Crippen LogP contribution in [0.15, 0.2) is 18.3 Å². The van der Waals surface area contributed by atoms with Gasteiger partial charge in [0.25, 0.3) is 6.43 Å². The molecule has 0 unspecified atom stereocenters. The number of hydrogen-bond acceptors (Lipinski definition) is 3. The number of pyridine rings is 1. The Labute approximate surface area is 91.9 Å². The zero-order valence-electron chi connectivity index (χ0n) is 8.15. The minimum absolute atomic E-state index is 0.152. The van der Waals surface area contributed by atoms with Gasteiger partial charge in [0.05, 0.1) is 12.1 Å². The van der Waals surface area contributed by atoms with Gasteiger partial charge in [-0.25, -0.2) is 13.8 Å². The molecule has 3 nitrogen and oxygen atoms in total. The van der Waals surface area contributed by atoms with Crippen molar-refractivity contribution < 1.29 is 8.78 Å². The number of nitrogens with zero attached hydrogens (tertiary/aromatic N) is 2. The van der Waals surface area contributed by atoms with Gasteiger partial charge in [0.2, 0.25) is 0 Å². The number of hydrogen-bond donors (Lipinski definition) is 1. The van der Waals surface area contributed by atoms with Crippen LogP contribution in [0.2, 0.25) is 0 Å². The van der Waals surface area contributed by atoms with E-state index in [4.69, 9.17) is 18.0 Å². The van der Waals surface area contributed by atoms with Gasteiger partial charge in [0.1, 0.15) is 10.8 Å². The molecule has 0 amide bonds. The zero-order valence-corrected chi connectivity index (χ0v) is 8.97. The van der Waals surface area contributed by atoms with Crippen molar-refractivity contribution in [2.24, 2.45) is 5.73 Å². The van der Waals surface area contributed by atoms with Gasteiger partial charge in [-0.3, -0.25) is 0 Å². The van der Waals surface area contributed by atoms with Gasteiger partial charge in [-0.1, -0.05) is 12.2 Å². The fraction of sp³-hybridized carbons (Fsp3) is 0.333. The lowest BCUT2D eigenvalue weighted by Crippen LogP contribution is -2.27. The number of thiocarbonyl (C=S) groups is 1. The van der Waals surface area contributed by atoms with Gasteiger partial charge in [0.15, 0.2) is 0 Å². The highest BCUT2D eigenvalue weighted by Gasteiger charge is 2.14. The van der Waals surface area contributed by atoms with E-state index in [1.54, 1.807) is 12.1 Å². The Morgan fingerprint density at radius 2 is 2.33 bits per heavy atom. The summed E-state index contributed by atoms with van der Waals surface area (Å²) in [7, 11) is 1.52. The number of anilines is 1. The van der Waals surface area contributed by atoms with Crippen LogP contribution in [0.1, 0.15) is 5.56 Å². The van der Waals surface area contributed by atoms with Crippen LogP contribution < -0.4 is 10.6 Å². The van der Waals surface area contributed by atoms with Crippen molar-refractivity contribution in [2.45, 2.75) is 6.43 Å². The fourth-order valence-corrected chi connectivity index (χ4v) is 1.35. The maximum atomic E-state index is 12.2. The highest BCUT2D eigenvalue weighted by Crippen LogP contribution is 2.16. The first-order valence-electron chi connectivity index (χ1n) is 4.26. The minimum atomic E-state index is -2.42. The zero-order chi connectivity index (χ0) is 11.4. The van der Waals surface area contributed by atoms with Crippen LogP contribution in [0, 0.1) is 0 Å². The Hall–Kier alpha value is -1.30. The summed E-state index contributed by atoms with van der Waals surface area (Å²) >= 11 is 4.81. The molecule has 0 atom stereocenters. The normalized spacial score (nSPS) is 10.4. The van der Waals surface area contributed by atoms with Gasteiger partial charge in [-0.15, -0.1) is 0 Å². The molecule has 2 N–H and O–H groups in total. The monoisotopic (exact) mass is 231 g/mol. The second-order valence-electron chi connectivity index (χ2n) is 3.01. The summed E-state index contributed by atoms with van der Waals surface area (Å²) in [6.07, 6.45) is -0.907. The van der Waals surface area contributed by atoms with Crippen LogP contribution in [-0.4, -0.2) is 30.0 Å². The molecule has 0 aromatic carbocycles. The minimum Gasteiger partial charge on any atom is -0.389 e. The van der Waals surface area contributed by atoms with E-state index in [0.29, 0.717) is 11.4 Å². The Morgan fingerprint density at radius 3 is 2.87 bits per heavy atom. The maximum Gasteiger partial charge on any atom is 0.255 e. The smallest absolute Gasteiger partial charge is 0.255 e. The van der Waals surface area contributed by atoms with Crippen molar-refractivity contribution in [3.8, 4) is 0 Å². The summed E-state index contributed by atoms with van der Waals surface area (Å²) < 4.78 is 24.3. The molecule has 1 heterocycles. The molecule has 0 aliphatic heterocycles. The second-order valence-corrected chi connectivity index (χ2v) is 3.45. The lowest BCUT2D eigenvalue weighted by molar-refractivity contribution is 0.156. The molecule has 15 heavy (non-hydrogen) atoms. The van der Waals surface area contributed by atoms with E-state index in [1.807, 2.05) is 0 Å². The van der Waals surface area contributed by atoms with Gasteiger partial charge < -0.3 is 10.6 Å². The van der Waals surface area contributed by atoms with Crippen molar-refractivity contribution in [1.82, 2.24) is 4.98 Å². The average molecular weight is 231 g/mol. The number of aromatic nitrogens is 1. The number of rotatable bonds is 4. The summed E-state index contributed by atoms with van der Waals surface area (Å²) in [5.41, 5.74) is 5.97. The number of halogens is 2. The van der Waals surface area contributed by atoms with E-state index in [-0.39, 0.29) is 4.99 Å². The lowest BCUT2D eigenvalue weighted by atomic mass is 10.2. The number of nitrogens with two attached hydrogens (primary N) is 1. The second kappa shape index (κ2) is 4.97. The van der Waals surface area contributed by atoms with Gasteiger partial charge in [0, 0.05) is 13.2 Å². The van der Waals surface area contributed by atoms with Gasteiger partial charge >= 0.3 is 0 Å². The summed E-state index contributed by atoms with van der Waals surface area (Å²) in [6.45, 7) is -0.396. The summed E-state index contributed by atoms with van der Waals surface area (Å²) in [5, 5.41) is 0. The highest BCUT2D eigenvalue weighted by molar-refractivity contribution is 7.80. The molecule has 0 aliphatic carbocycles. The van der Waals surface area contributed by atoms with E-state index in [0.717, 1.165) is 0 Å². The summed E-state index contributed by atoms with van der Waals surface area (Å²) in [6, 6.07) is 3.32. The third kappa shape index (κ3) is 3.09. The van der Waals surface area contributed by atoms with Crippen LogP contribution >= 0.6 is 12.2 Å². The molecule has 1 rings (SSSR count). The molecule has 0 fully saturated rings. The Morgan fingerprint density at radius 1 is 1.67 bits per heavy atom. The molecular weight excluding hydrogens is 220 g/mol. The van der Waals surface area contributed by atoms with Crippen LogP contribution in [0.5, 0.6) is 0 Å². The largest absolute Gasteiger partial charge is 0.389 e. The van der Waals surface area contributed by atoms with Crippen LogP contribution in [-0.2, 0) is 0 Å². The quantitative estimate of drug-likeness (QED) is 0.796. The maximum absolute atomic E-state index is 12.2. The molecular formula is C9H11F2N3S. The summed E-state index contributed by atoms with van der Waals surface area (Å²) in [5.74, 6) is 0.380. The van der Waals surface area contributed by atoms with E-state index < -0.39 is 13.0 Å². The van der Waals surface area contributed by atoms with Crippen molar-refractivity contribution in [1.29, 1.82) is 0 Å². The molecule has 1 aromatic heterocycles. The molecule has 0 saturated heterocycles. The standard InChI is InChI=1S/C9H11F2N3S/c1-14(5-7(10)11)9-6(8(12)15)3-2-4-13-9/h2-4,7H,5H2,1H3,(H2,12,15). The van der Waals surface area contributed by atoms with E-state index >= 15 is 0 Å². The Bertz CT molecular complexity index is 357. The first-order chi connectivity index (χ1) is 7.02. The van der Waals surface area contributed by atoms with Crippen molar-refractivity contribution >= 4 is 23.0 Å². The topological polar surface area (TPSA) is 42.2 Å². The molecule has 0 radical (unpaired) electrons. The highest BCUT2D eigenvalue weighted by atomic mass is 32.1. The lowest BCUT2D eigenvalue weighted by Gasteiger charge is -2.19. The molecule has 82 valence electrons. The first-order valence-corrected chi connectivity index (χ1v) is 4.67. The third-order valence-corrected chi connectivity index (χ3v) is 2.05. The average Bonchev–Trinajstić information content (AvgIpc) is 2.16. The Balaban J connectivity index is 2.97. The van der Waals surface area contributed by atoms with E-state index in [9.17, 15) is 8.78 Å². The van der Waals surface area contributed by atoms with Crippen molar-refractivity contribution in [3.63, 3.8) is 0 Å². The third-order valence-electron chi connectivity index (χ3n) is 1.83. The van der Waals surface area contributed by atoms with Gasteiger partial charge in [-0.05, 0) is 12.1 Å². The van der Waals surface area contributed by atoms with Crippen molar-refractivity contribution in [3.05, 3.63) is 23.9 Å². The van der Waals surface area contributed by atoms with Crippen LogP contribution in [0.4, 0.5) is 14.6 Å². The first kappa shape index (κ1) is 11.8. The molecule has 0 bridgehead atoms.